The Morgan fingerprint density at radius 3 is 2.64 bits per heavy atom. The lowest BCUT2D eigenvalue weighted by atomic mass is 10.2. The van der Waals surface area contributed by atoms with Crippen LogP contribution in [0, 0.1) is 6.92 Å². The number of amides is 1. The molecule has 0 aliphatic carbocycles. The maximum atomic E-state index is 12.4. The van der Waals surface area contributed by atoms with Crippen molar-refractivity contribution < 1.29 is 13.2 Å². The normalized spacial score (nSPS) is 11.2. The molecule has 0 radical (unpaired) electrons. The van der Waals surface area contributed by atoms with E-state index >= 15 is 0 Å². The third-order valence-electron chi connectivity index (χ3n) is 4.05. The molecule has 3 rings (SSSR count). The standard InChI is InChI=1S/C19H21N5O3S/c1-15-6-3-4-8-17(15)24(28(2,26)27)14-19(25)21-18-9-11-23(22-18)13-16-7-5-10-20-12-16/h3-12H,13-14H2,1-2H3,(H,21,22,25). The first-order chi connectivity index (χ1) is 13.3. The van der Waals surface area contributed by atoms with Crippen molar-refractivity contribution >= 4 is 27.4 Å². The lowest BCUT2D eigenvalue weighted by molar-refractivity contribution is -0.114. The van der Waals surface area contributed by atoms with Crippen LogP contribution in [0.4, 0.5) is 11.5 Å². The van der Waals surface area contributed by atoms with Gasteiger partial charge in [-0.05, 0) is 30.2 Å². The smallest absolute Gasteiger partial charge is 0.246 e. The predicted molar refractivity (Wildman–Crippen MR) is 108 cm³/mol. The second-order valence-electron chi connectivity index (χ2n) is 6.36. The van der Waals surface area contributed by atoms with Gasteiger partial charge < -0.3 is 5.32 Å². The molecule has 0 bridgehead atoms. The fraction of sp³-hybridized carbons (Fsp3) is 0.211. The number of sulfonamides is 1. The molecule has 0 aliphatic heterocycles. The van der Waals surface area contributed by atoms with Crippen LogP contribution < -0.4 is 9.62 Å². The first-order valence-electron chi connectivity index (χ1n) is 8.58. The van der Waals surface area contributed by atoms with E-state index in [-0.39, 0.29) is 6.54 Å². The molecule has 1 amide bonds. The lowest BCUT2D eigenvalue weighted by Gasteiger charge is -2.23. The number of para-hydroxylation sites is 1. The van der Waals surface area contributed by atoms with Crippen LogP contribution in [-0.4, -0.2) is 41.9 Å². The number of pyridine rings is 1. The molecule has 8 nitrogen and oxygen atoms in total. The first-order valence-corrected chi connectivity index (χ1v) is 10.4. The molecule has 0 spiro atoms. The maximum Gasteiger partial charge on any atom is 0.246 e. The summed E-state index contributed by atoms with van der Waals surface area (Å²) in [5, 5.41) is 6.94. The Bertz CT molecular complexity index is 1060. The highest BCUT2D eigenvalue weighted by Gasteiger charge is 2.22. The minimum atomic E-state index is -3.62. The minimum absolute atomic E-state index is 0.334. The van der Waals surface area contributed by atoms with Gasteiger partial charge >= 0.3 is 0 Å². The number of benzene rings is 1. The molecule has 0 aliphatic rings. The number of anilines is 2. The van der Waals surface area contributed by atoms with Crippen LogP contribution in [0.3, 0.4) is 0 Å². The van der Waals surface area contributed by atoms with Gasteiger partial charge in [0.2, 0.25) is 15.9 Å². The van der Waals surface area contributed by atoms with E-state index in [1.54, 1.807) is 54.5 Å². The fourth-order valence-corrected chi connectivity index (χ4v) is 3.65. The van der Waals surface area contributed by atoms with Crippen LogP contribution in [0.5, 0.6) is 0 Å². The molecule has 0 fully saturated rings. The monoisotopic (exact) mass is 399 g/mol. The van der Waals surface area contributed by atoms with Gasteiger partial charge in [0.15, 0.2) is 5.82 Å². The summed E-state index contributed by atoms with van der Waals surface area (Å²) in [7, 11) is -3.62. The number of aryl methyl sites for hydroxylation is 1. The van der Waals surface area contributed by atoms with E-state index in [0.29, 0.717) is 18.1 Å². The molecule has 3 aromatic rings. The second kappa shape index (κ2) is 8.22. The number of nitrogens with zero attached hydrogens (tertiary/aromatic N) is 4. The van der Waals surface area contributed by atoms with Crippen LogP contribution in [0.25, 0.3) is 0 Å². The molecular weight excluding hydrogens is 378 g/mol. The van der Waals surface area contributed by atoms with Gasteiger partial charge in [0.05, 0.1) is 18.5 Å². The SMILES string of the molecule is Cc1ccccc1N(CC(=O)Nc1ccn(Cc2cccnc2)n1)S(C)(=O)=O. The molecule has 146 valence electrons. The molecule has 0 atom stereocenters. The number of rotatable bonds is 7. The number of nitrogens with one attached hydrogen (secondary N) is 1. The quantitative estimate of drug-likeness (QED) is 0.656. The average Bonchev–Trinajstić information content (AvgIpc) is 3.07. The molecule has 1 aromatic carbocycles. The number of hydrogen-bond donors (Lipinski definition) is 1. The zero-order valence-electron chi connectivity index (χ0n) is 15.6. The average molecular weight is 399 g/mol. The lowest BCUT2D eigenvalue weighted by Crippen LogP contribution is -2.37. The highest BCUT2D eigenvalue weighted by molar-refractivity contribution is 7.92. The van der Waals surface area contributed by atoms with Crippen LogP contribution in [-0.2, 0) is 21.4 Å². The summed E-state index contributed by atoms with van der Waals surface area (Å²) in [4.78, 5) is 16.5. The van der Waals surface area contributed by atoms with E-state index in [0.717, 1.165) is 21.7 Å². The zero-order valence-corrected chi connectivity index (χ0v) is 16.4. The van der Waals surface area contributed by atoms with Crippen LogP contribution >= 0.6 is 0 Å². The Labute approximate surface area is 163 Å². The maximum absolute atomic E-state index is 12.4. The molecule has 28 heavy (non-hydrogen) atoms. The van der Waals surface area contributed by atoms with Gasteiger partial charge in [0.1, 0.15) is 6.54 Å². The first kappa shape index (κ1) is 19.6. The van der Waals surface area contributed by atoms with E-state index in [1.165, 1.54) is 0 Å². The molecular formula is C19H21N5O3S. The van der Waals surface area contributed by atoms with Crippen molar-refractivity contribution in [1.82, 2.24) is 14.8 Å². The van der Waals surface area contributed by atoms with Gasteiger partial charge in [-0.1, -0.05) is 24.3 Å². The Hall–Kier alpha value is -3.20. The van der Waals surface area contributed by atoms with Crippen LogP contribution in [0.2, 0.25) is 0 Å². The van der Waals surface area contributed by atoms with Gasteiger partial charge in [-0.3, -0.25) is 18.8 Å². The van der Waals surface area contributed by atoms with E-state index in [2.05, 4.69) is 15.4 Å². The van der Waals surface area contributed by atoms with E-state index in [1.807, 2.05) is 18.2 Å². The van der Waals surface area contributed by atoms with Crippen molar-refractivity contribution in [3.05, 3.63) is 72.2 Å². The van der Waals surface area contributed by atoms with Crippen molar-refractivity contribution in [3.8, 4) is 0 Å². The molecule has 9 heteroatoms. The van der Waals surface area contributed by atoms with Gasteiger partial charge in [-0.2, -0.15) is 5.10 Å². The topological polar surface area (TPSA) is 97.2 Å². The number of hydrogen-bond acceptors (Lipinski definition) is 5. The summed E-state index contributed by atoms with van der Waals surface area (Å²) in [5.74, 6) is -0.118. The molecule has 0 saturated heterocycles. The van der Waals surface area contributed by atoms with Gasteiger partial charge in [-0.25, -0.2) is 8.42 Å². The highest BCUT2D eigenvalue weighted by Crippen LogP contribution is 2.21. The number of carbonyl (C=O) groups is 1. The van der Waals surface area contributed by atoms with E-state index < -0.39 is 15.9 Å². The van der Waals surface area contributed by atoms with E-state index in [9.17, 15) is 13.2 Å². The largest absolute Gasteiger partial charge is 0.308 e. The Kier molecular flexibility index (Phi) is 5.74. The summed E-state index contributed by atoms with van der Waals surface area (Å²) in [6, 6.07) is 12.4. The third-order valence-corrected chi connectivity index (χ3v) is 5.17. The van der Waals surface area contributed by atoms with Crippen molar-refractivity contribution in [2.75, 3.05) is 22.4 Å². The third kappa shape index (κ3) is 4.95. The Morgan fingerprint density at radius 2 is 1.96 bits per heavy atom. The van der Waals surface area contributed by atoms with Crippen LogP contribution in [0.1, 0.15) is 11.1 Å². The molecule has 1 N–H and O–H groups in total. The Morgan fingerprint density at radius 1 is 1.18 bits per heavy atom. The molecule has 2 aromatic heterocycles. The van der Waals surface area contributed by atoms with Crippen molar-refractivity contribution in [2.45, 2.75) is 13.5 Å². The number of carbonyl (C=O) groups excluding carboxylic acids is 1. The van der Waals surface area contributed by atoms with Gasteiger partial charge in [0, 0.05) is 24.7 Å². The Balaban J connectivity index is 1.69. The summed E-state index contributed by atoms with van der Waals surface area (Å²) in [5.41, 5.74) is 2.22. The predicted octanol–water partition coefficient (Wildman–Crippen LogP) is 2.04. The van der Waals surface area contributed by atoms with Crippen LogP contribution in [0.15, 0.2) is 61.1 Å². The molecule has 0 unspecified atom stereocenters. The zero-order chi connectivity index (χ0) is 20.1. The van der Waals surface area contributed by atoms with Crippen molar-refractivity contribution in [2.24, 2.45) is 0 Å². The second-order valence-corrected chi connectivity index (χ2v) is 8.27. The molecule has 2 heterocycles. The number of aromatic nitrogens is 3. The summed E-state index contributed by atoms with van der Waals surface area (Å²) < 4.78 is 27.2. The van der Waals surface area contributed by atoms with E-state index in [4.69, 9.17) is 0 Å². The summed E-state index contributed by atoms with van der Waals surface area (Å²) >= 11 is 0. The summed E-state index contributed by atoms with van der Waals surface area (Å²) in [6.07, 6.45) is 6.25. The fourth-order valence-electron chi connectivity index (χ4n) is 2.73. The minimum Gasteiger partial charge on any atom is -0.308 e. The molecule has 0 saturated carbocycles. The van der Waals surface area contributed by atoms with Gasteiger partial charge in [0.25, 0.3) is 0 Å². The highest BCUT2D eigenvalue weighted by atomic mass is 32.2. The summed E-state index contributed by atoms with van der Waals surface area (Å²) in [6.45, 7) is 1.98. The van der Waals surface area contributed by atoms with Gasteiger partial charge in [-0.15, -0.1) is 0 Å². The van der Waals surface area contributed by atoms with Crippen molar-refractivity contribution in [1.29, 1.82) is 0 Å². The van der Waals surface area contributed by atoms with Crippen molar-refractivity contribution in [3.63, 3.8) is 0 Å².